The lowest BCUT2D eigenvalue weighted by Crippen LogP contribution is -2.32. The lowest BCUT2D eigenvalue weighted by Gasteiger charge is -2.28. The maximum Gasteiger partial charge on any atom is 0.432 e. The van der Waals surface area contributed by atoms with Crippen LogP contribution in [0.15, 0.2) is 40.9 Å². The number of rotatable bonds is 2. The molecule has 0 bridgehead atoms. The second kappa shape index (κ2) is 6.23. The number of alkyl halides is 3. The highest BCUT2D eigenvalue weighted by molar-refractivity contribution is 5.82. The number of aryl methyl sites for hydroxylation is 1. The van der Waals surface area contributed by atoms with Crippen LogP contribution < -0.4 is 5.32 Å². The van der Waals surface area contributed by atoms with E-state index in [1.807, 2.05) is 6.92 Å². The molecule has 2 heterocycles. The molecular formula is C18H14F3N5. The quantitative estimate of drug-likeness (QED) is 0.787. The maximum atomic E-state index is 13.4. The number of halogens is 3. The van der Waals surface area contributed by atoms with Crippen LogP contribution in [-0.4, -0.2) is 16.4 Å². The summed E-state index contributed by atoms with van der Waals surface area (Å²) in [4.78, 5) is 3.40. The van der Waals surface area contributed by atoms with Crippen molar-refractivity contribution in [3.8, 4) is 6.07 Å². The maximum absolute atomic E-state index is 13.4. The van der Waals surface area contributed by atoms with Crippen LogP contribution in [0.25, 0.3) is 15.7 Å². The molecule has 0 aliphatic carbocycles. The van der Waals surface area contributed by atoms with Crippen molar-refractivity contribution in [1.82, 2.24) is 15.5 Å². The Bertz CT molecular complexity index is 1030. The standard InChI is InChI=1S/C18H14F3N5/c1-4-13-11-7-10(5-6-14(11)26-25-13)15-12(8-22)17(18(19,20)21)24-9(2)16(15)23-3/h5-7,15,24H,4H2,1-2H3,(H,25,26). The molecule has 0 spiro atoms. The van der Waals surface area contributed by atoms with E-state index in [2.05, 4.69) is 20.4 Å². The third-order valence-corrected chi connectivity index (χ3v) is 4.40. The number of allylic oxidation sites excluding steroid dienone is 3. The summed E-state index contributed by atoms with van der Waals surface area (Å²) in [5.74, 6) is -1.07. The Labute approximate surface area is 147 Å². The fraction of sp³-hybridized carbons (Fsp3) is 0.278. The van der Waals surface area contributed by atoms with Crippen LogP contribution in [-0.2, 0) is 6.42 Å². The summed E-state index contributed by atoms with van der Waals surface area (Å²) in [5, 5.41) is 19.5. The largest absolute Gasteiger partial charge is 0.432 e. The van der Waals surface area contributed by atoms with Gasteiger partial charge in [-0.3, -0.25) is 5.10 Å². The van der Waals surface area contributed by atoms with Crippen molar-refractivity contribution >= 4 is 10.9 Å². The molecule has 132 valence electrons. The topological polar surface area (TPSA) is 68.9 Å². The number of nitrogens with one attached hydrogen (secondary N) is 2. The second-order valence-electron chi connectivity index (χ2n) is 5.91. The van der Waals surface area contributed by atoms with E-state index in [9.17, 15) is 18.4 Å². The summed E-state index contributed by atoms with van der Waals surface area (Å²) in [7, 11) is 0. The predicted octanol–water partition coefficient (Wildman–Crippen LogP) is 4.30. The van der Waals surface area contributed by atoms with Crippen LogP contribution in [0.4, 0.5) is 13.2 Å². The minimum absolute atomic E-state index is 0.0791. The van der Waals surface area contributed by atoms with Crippen molar-refractivity contribution < 1.29 is 13.2 Å². The first-order chi connectivity index (χ1) is 12.3. The van der Waals surface area contributed by atoms with Crippen LogP contribution in [0, 0.1) is 17.9 Å². The van der Waals surface area contributed by atoms with E-state index in [0.29, 0.717) is 17.5 Å². The molecule has 1 aliphatic heterocycles. The first-order valence-corrected chi connectivity index (χ1v) is 7.85. The van der Waals surface area contributed by atoms with E-state index in [1.165, 1.54) is 6.92 Å². The smallest absolute Gasteiger partial charge is 0.364 e. The number of dihydropyridines is 1. The normalized spacial score (nSPS) is 17.9. The van der Waals surface area contributed by atoms with Crippen LogP contribution in [0.1, 0.15) is 31.0 Å². The van der Waals surface area contributed by atoms with Crippen LogP contribution in [0.2, 0.25) is 0 Å². The molecule has 1 atom stereocenters. The molecule has 8 heteroatoms. The fourth-order valence-corrected chi connectivity index (χ4v) is 3.16. The molecule has 0 amide bonds. The lowest BCUT2D eigenvalue weighted by atomic mass is 9.84. The number of aromatic nitrogens is 2. The van der Waals surface area contributed by atoms with Gasteiger partial charge in [-0.05, 0) is 31.0 Å². The van der Waals surface area contributed by atoms with E-state index in [-0.39, 0.29) is 11.4 Å². The van der Waals surface area contributed by atoms with Crippen molar-refractivity contribution in [2.24, 2.45) is 0 Å². The zero-order valence-electron chi connectivity index (χ0n) is 14.0. The average Bonchev–Trinajstić information content (AvgIpc) is 3.02. The first kappa shape index (κ1) is 17.6. The molecule has 1 aromatic heterocycles. The molecule has 2 aromatic rings. The highest BCUT2D eigenvalue weighted by atomic mass is 19.4. The summed E-state index contributed by atoms with van der Waals surface area (Å²) < 4.78 is 40.2. The second-order valence-corrected chi connectivity index (χ2v) is 5.91. The zero-order valence-corrected chi connectivity index (χ0v) is 14.0. The van der Waals surface area contributed by atoms with Crippen LogP contribution in [0.3, 0.4) is 0 Å². The van der Waals surface area contributed by atoms with Gasteiger partial charge in [0.25, 0.3) is 0 Å². The van der Waals surface area contributed by atoms with Gasteiger partial charge < -0.3 is 5.32 Å². The lowest BCUT2D eigenvalue weighted by molar-refractivity contribution is -0.0969. The summed E-state index contributed by atoms with van der Waals surface area (Å²) in [6, 6.07) is 6.66. The monoisotopic (exact) mass is 357 g/mol. The number of fused-ring (bicyclic) bond motifs is 1. The molecule has 26 heavy (non-hydrogen) atoms. The van der Waals surface area contributed by atoms with E-state index in [0.717, 1.165) is 11.1 Å². The molecule has 3 rings (SSSR count). The van der Waals surface area contributed by atoms with Crippen molar-refractivity contribution in [2.45, 2.75) is 32.4 Å². The van der Waals surface area contributed by atoms with Gasteiger partial charge in [-0.15, -0.1) is 0 Å². The van der Waals surface area contributed by atoms with Gasteiger partial charge in [-0.1, -0.05) is 13.0 Å². The Morgan fingerprint density at radius 3 is 2.69 bits per heavy atom. The van der Waals surface area contributed by atoms with Gasteiger partial charge in [-0.25, -0.2) is 4.85 Å². The molecule has 0 saturated heterocycles. The molecule has 1 unspecified atom stereocenters. The molecule has 2 N–H and O–H groups in total. The molecule has 0 radical (unpaired) electrons. The third-order valence-electron chi connectivity index (χ3n) is 4.40. The van der Waals surface area contributed by atoms with Crippen molar-refractivity contribution in [3.05, 3.63) is 63.5 Å². The Balaban J connectivity index is 2.28. The predicted molar refractivity (Wildman–Crippen MR) is 89.3 cm³/mol. The van der Waals surface area contributed by atoms with E-state index >= 15 is 0 Å². The van der Waals surface area contributed by atoms with E-state index in [1.54, 1.807) is 24.3 Å². The molecule has 0 fully saturated rings. The van der Waals surface area contributed by atoms with Gasteiger partial charge in [0, 0.05) is 16.8 Å². The van der Waals surface area contributed by atoms with Crippen molar-refractivity contribution in [2.75, 3.05) is 0 Å². The molecule has 5 nitrogen and oxygen atoms in total. The summed E-state index contributed by atoms with van der Waals surface area (Å²) >= 11 is 0. The van der Waals surface area contributed by atoms with Crippen molar-refractivity contribution in [3.63, 3.8) is 0 Å². The SMILES string of the molecule is [C-]#[N+]C1=C(C)NC(C(F)(F)F)=C(C#N)C1c1ccc2n[nH]c(CC)c2c1. The Morgan fingerprint density at radius 1 is 1.38 bits per heavy atom. The molecular weight excluding hydrogens is 343 g/mol. The highest BCUT2D eigenvalue weighted by Crippen LogP contribution is 2.43. The fourth-order valence-electron chi connectivity index (χ4n) is 3.16. The van der Waals surface area contributed by atoms with Gasteiger partial charge in [0.15, 0.2) is 5.70 Å². The van der Waals surface area contributed by atoms with Gasteiger partial charge in [-0.2, -0.15) is 23.5 Å². The third kappa shape index (κ3) is 2.70. The number of aromatic amines is 1. The highest BCUT2D eigenvalue weighted by Gasteiger charge is 2.43. The van der Waals surface area contributed by atoms with Gasteiger partial charge in [0.05, 0.1) is 29.6 Å². The Morgan fingerprint density at radius 2 is 2.12 bits per heavy atom. The molecule has 1 aromatic carbocycles. The van der Waals surface area contributed by atoms with E-state index in [4.69, 9.17) is 6.57 Å². The van der Waals surface area contributed by atoms with Gasteiger partial charge in [0.1, 0.15) is 5.70 Å². The number of hydrogen-bond acceptors (Lipinski definition) is 3. The zero-order chi connectivity index (χ0) is 19.1. The van der Waals surface area contributed by atoms with Crippen molar-refractivity contribution in [1.29, 1.82) is 5.26 Å². The van der Waals surface area contributed by atoms with Crippen LogP contribution in [0.5, 0.6) is 0 Å². The Kier molecular flexibility index (Phi) is 4.21. The number of nitriles is 1. The molecule has 1 aliphatic rings. The first-order valence-electron chi connectivity index (χ1n) is 7.85. The van der Waals surface area contributed by atoms with Gasteiger partial charge in [0.2, 0.25) is 0 Å². The minimum atomic E-state index is -4.72. The summed E-state index contributed by atoms with van der Waals surface area (Å²) in [6.45, 7) is 10.7. The van der Waals surface area contributed by atoms with Crippen LogP contribution >= 0.6 is 0 Å². The number of nitrogens with zero attached hydrogens (tertiary/aromatic N) is 3. The van der Waals surface area contributed by atoms with Gasteiger partial charge >= 0.3 is 6.18 Å². The number of H-pyrrole nitrogens is 1. The summed E-state index contributed by atoms with van der Waals surface area (Å²) in [6.07, 6.45) is -4.04. The number of benzene rings is 1. The van der Waals surface area contributed by atoms with E-state index < -0.39 is 23.4 Å². The molecule has 0 saturated carbocycles. The minimum Gasteiger partial charge on any atom is -0.364 e. The average molecular weight is 357 g/mol. The summed E-state index contributed by atoms with van der Waals surface area (Å²) in [5.41, 5.74) is 0.545. The number of hydrogen-bond donors (Lipinski definition) is 2. The Hall–Kier alpha value is -3.26.